The quantitative estimate of drug-likeness (QED) is 0.428. The summed E-state index contributed by atoms with van der Waals surface area (Å²) in [6, 6.07) is 18.2. The van der Waals surface area contributed by atoms with Crippen LogP contribution in [0.4, 0.5) is 11.4 Å². The van der Waals surface area contributed by atoms with Gasteiger partial charge in [0.05, 0.1) is 23.5 Å². The molecule has 0 radical (unpaired) electrons. The first kappa shape index (κ1) is 26.3. The number of ether oxygens (including phenoxy) is 2. The third kappa shape index (κ3) is 3.14. The predicted octanol–water partition coefficient (Wildman–Crippen LogP) is 5.16. The van der Waals surface area contributed by atoms with E-state index < -0.39 is 11.3 Å². The molecule has 7 heteroatoms. The molecule has 6 bridgehead atoms. The van der Waals surface area contributed by atoms with Crippen LogP contribution in [-0.4, -0.2) is 78.1 Å². The van der Waals surface area contributed by atoms with E-state index >= 15 is 0 Å². The van der Waals surface area contributed by atoms with Gasteiger partial charge in [-0.3, -0.25) is 14.6 Å². The average Bonchev–Trinajstić information content (AvgIpc) is 3.63. The lowest BCUT2D eigenvalue weighted by Crippen LogP contribution is -2.70. The van der Waals surface area contributed by atoms with Crippen LogP contribution in [-0.2, 0) is 19.7 Å². The molecule has 8 saturated heterocycles. The third-order valence-electron chi connectivity index (χ3n) is 13.0. The molecule has 11 atom stereocenters. The number of carbonyl (C=O) groups is 1. The SMILES string of the molecule is C/C=C1\CN2CCC1C1OC34OC5CC6N(C/C5=C\C)C(CCN3c3ccccc3C4CC12)CC61C(=O)Nc2ccccc21. The van der Waals surface area contributed by atoms with E-state index in [1.54, 1.807) is 0 Å². The Balaban J connectivity index is 1.12. The number of carbonyl (C=O) groups excluding carboxylic acids is 1. The molecule has 2 spiro atoms. The van der Waals surface area contributed by atoms with E-state index in [1.807, 2.05) is 6.07 Å². The van der Waals surface area contributed by atoms with Gasteiger partial charge in [0.25, 0.3) is 5.91 Å². The lowest BCUT2D eigenvalue weighted by atomic mass is 9.71. The van der Waals surface area contributed by atoms with E-state index in [2.05, 4.69) is 88.5 Å². The van der Waals surface area contributed by atoms with Crippen LogP contribution in [0.25, 0.3) is 0 Å². The van der Waals surface area contributed by atoms with Gasteiger partial charge in [0.1, 0.15) is 0 Å². The van der Waals surface area contributed by atoms with Gasteiger partial charge in [-0.15, -0.1) is 0 Å². The first-order valence-electron chi connectivity index (χ1n) is 17.0. The van der Waals surface area contributed by atoms with Crippen LogP contribution in [0.5, 0.6) is 0 Å². The smallest absolute Gasteiger partial charge is 0.260 e. The van der Waals surface area contributed by atoms with Crippen molar-refractivity contribution < 1.29 is 14.3 Å². The Hall–Kier alpha value is -2.97. The van der Waals surface area contributed by atoms with Crippen molar-refractivity contribution in [1.29, 1.82) is 0 Å². The Labute approximate surface area is 259 Å². The Bertz CT molecular complexity index is 1640. The third-order valence-corrected chi connectivity index (χ3v) is 13.0. The van der Waals surface area contributed by atoms with Crippen molar-refractivity contribution in [2.75, 3.05) is 36.4 Å². The van der Waals surface area contributed by atoms with Crippen LogP contribution < -0.4 is 10.2 Å². The van der Waals surface area contributed by atoms with E-state index in [-0.39, 0.29) is 30.1 Å². The zero-order chi connectivity index (χ0) is 29.4. The van der Waals surface area contributed by atoms with Crippen LogP contribution in [0.2, 0.25) is 0 Å². The maximum atomic E-state index is 14.1. The van der Waals surface area contributed by atoms with Crippen LogP contribution >= 0.6 is 0 Å². The van der Waals surface area contributed by atoms with Crippen molar-refractivity contribution in [2.24, 2.45) is 5.92 Å². The van der Waals surface area contributed by atoms with Crippen molar-refractivity contribution in [2.45, 2.75) is 93.5 Å². The zero-order valence-electron chi connectivity index (χ0n) is 25.7. The van der Waals surface area contributed by atoms with Gasteiger partial charge in [0.15, 0.2) is 0 Å². The highest BCUT2D eigenvalue weighted by Gasteiger charge is 2.67. The van der Waals surface area contributed by atoms with Gasteiger partial charge in [0, 0.05) is 55.1 Å². The van der Waals surface area contributed by atoms with Gasteiger partial charge < -0.3 is 19.7 Å². The van der Waals surface area contributed by atoms with Crippen molar-refractivity contribution in [1.82, 2.24) is 9.80 Å². The van der Waals surface area contributed by atoms with Crippen LogP contribution in [0.3, 0.4) is 0 Å². The summed E-state index contributed by atoms with van der Waals surface area (Å²) in [6.07, 6.45) is 9.46. The number of nitrogens with one attached hydrogen (secondary N) is 1. The van der Waals surface area contributed by atoms with E-state index in [0.717, 1.165) is 64.0 Å². The second kappa shape index (κ2) is 9.06. The number of benzene rings is 2. The molecule has 228 valence electrons. The molecule has 44 heavy (non-hydrogen) atoms. The molecule has 11 unspecified atom stereocenters. The first-order valence-corrected chi connectivity index (χ1v) is 17.0. The van der Waals surface area contributed by atoms with Crippen molar-refractivity contribution >= 4 is 17.3 Å². The first-order chi connectivity index (χ1) is 21.6. The highest BCUT2D eigenvalue weighted by molar-refractivity contribution is 6.07. The summed E-state index contributed by atoms with van der Waals surface area (Å²) in [5.41, 5.74) is 7.13. The van der Waals surface area contributed by atoms with Gasteiger partial charge in [-0.2, -0.15) is 0 Å². The standard InChI is InChI=1S/C37H42N4O3/c1-3-22-20-39-15-14-25(22)34-31(39)17-28-26-9-5-8-12-30(26)41-16-13-24-19-36(27-10-6-7-11-29(27)38-35(36)42)33-18-32(43-37(28,41)44-34)23(4-2)21-40(24)33/h3-12,24-25,28,31-34H,13-21H2,1-2H3,(H,38,42)/b22-3+,23-4+. The lowest BCUT2D eigenvalue weighted by molar-refractivity contribution is -0.327. The number of anilines is 2. The number of hydrogen-bond donors (Lipinski definition) is 1. The molecule has 10 aliphatic heterocycles. The molecule has 10 aliphatic rings. The number of rotatable bonds is 0. The number of amides is 1. The fourth-order valence-electron chi connectivity index (χ4n) is 11.1. The molecule has 2 aromatic rings. The minimum Gasteiger partial charge on any atom is -0.327 e. The molecule has 0 aliphatic carbocycles. The maximum absolute atomic E-state index is 14.1. The highest BCUT2D eigenvalue weighted by Crippen LogP contribution is 2.61. The monoisotopic (exact) mass is 590 g/mol. The number of piperidine rings is 4. The fraction of sp³-hybridized carbons (Fsp3) is 0.541. The average molecular weight is 591 g/mol. The number of para-hydroxylation sites is 2. The lowest BCUT2D eigenvalue weighted by Gasteiger charge is -2.60. The number of allylic oxidation sites excluding steroid dienone is 2. The molecule has 7 nitrogen and oxygen atoms in total. The fourth-order valence-corrected chi connectivity index (χ4v) is 11.1. The Morgan fingerprint density at radius 2 is 1.77 bits per heavy atom. The minimum atomic E-state index is -0.844. The van der Waals surface area contributed by atoms with E-state index in [9.17, 15) is 4.79 Å². The summed E-state index contributed by atoms with van der Waals surface area (Å²) in [5.74, 6) is -0.0755. The Morgan fingerprint density at radius 1 is 0.932 bits per heavy atom. The van der Waals surface area contributed by atoms with Crippen LogP contribution in [0.15, 0.2) is 71.8 Å². The number of nitrogens with zero attached hydrogens (tertiary/aromatic N) is 3. The highest BCUT2D eigenvalue weighted by atomic mass is 16.7. The molecule has 12 rings (SSSR count). The maximum Gasteiger partial charge on any atom is 0.260 e. The van der Waals surface area contributed by atoms with Crippen LogP contribution in [0.1, 0.15) is 63.0 Å². The van der Waals surface area contributed by atoms with Crippen LogP contribution in [0, 0.1) is 5.92 Å². The van der Waals surface area contributed by atoms with Gasteiger partial charge >= 0.3 is 0 Å². The summed E-state index contributed by atoms with van der Waals surface area (Å²) < 4.78 is 15.3. The summed E-state index contributed by atoms with van der Waals surface area (Å²) in [6.45, 7) is 8.30. The molecule has 8 fully saturated rings. The molecule has 1 N–H and O–H groups in total. The van der Waals surface area contributed by atoms with Crippen molar-refractivity contribution in [3.05, 3.63) is 83.0 Å². The number of hydrogen-bond acceptors (Lipinski definition) is 6. The molecule has 10 heterocycles. The van der Waals surface area contributed by atoms with Gasteiger partial charge in [-0.25, -0.2) is 0 Å². The van der Waals surface area contributed by atoms with Gasteiger partial charge in [-0.1, -0.05) is 54.1 Å². The van der Waals surface area contributed by atoms with Gasteiger partial charge in [-0.05, 0) is 81.3 Å². The number of fused-ring (bicyclic) bond motifs is 8. The largest absolute Gasteiger partial charge is 0.327 e. The molecule has 0 aromatic heterocycles. The second-order valence-corrected chi connectivity index (χ2v) is 14.5. The predicted molar refractivity (Wildman–Crippen MR) is 169 cm³/mol. The topological polar surface area (TPSA) is 57.3 Å². The van der Waals surface area contributed by atoms with E-state index in [1.165, 1.54) is 28.0 Å². The second-order valence-electron chi connectivity index (χ2n) is 14.5. The minimum absolute atomic E-state index is 0.0952. The molecule has 1 amide bonds. The Morgan fingerprint density at radius 3 is 2.66 bits per heavy atom. The normalized spacial score (nSPS) is 46.1. The zero-order valence-corrected chi connectivity index (χ0v) is 25.7. The molecule has 2 aromatic carbocycles. The summed E-state index contributed by atoms with van der Waals surface area (Å²) in [5, 5.41) is 3.29. The molecule has 0 saturated carbocycles. The van der Waals surface area contributed by atoms with E-state index in [0.29, 0.717) is 18.0 Å². The molecular weight excluding hydrogens is 548 g/mol. The summed E-state index contributed by atoms with van der Waals surface area (Å²) in [7, 11) is 0. The van der Waals surface area contributed by atoms with Crippen molar-refractivity contribution in [3.8, 4) is 0 Å². The van der Waals surface area contributed by atoms with E-state index in [4.69, 9.17) is 9.47 Å². The van der Waals surface area contributed by atoms with Gasteiger partial charge in [0.2, 0.25) is 5.91 Å². The summed E-state index contributed by atoms with van der Waals surface area (Å²) in [4.78, 5) is 21.9. The van der Waals surface area contributed by atoms with Crippen molar-refractivity contribution in [3.63, 3.8) is 0 Å². The molecular formula is C37H42N4O3. The summed E-state index contributed by atoms with van der Waals surface area (Å²) >= 11 is 0. The Kier molecular flexibility index (Phi) is 5.41.